The number of para-hydroxylation sites is 1. The van der Waals surface area contributed by atoms with Gasteiger partial charge in [-0.2, -0.15) is 0 Å². The van der Waals surface area contributed by atoms with E-state index in [9.17, 15) is 29.1 Å². The topological polar surface area (TPSA) is 288 Å². The van der Waals surface area contributed by atoms with Gasteiger partial charge < -0.3 is 53.5 Å². The average molecular weight is 577 g/mol. The quantitative estimate of drug-likeness (QED) is 0.0533. The predicted octanol–water partition coefficient (Wildman–Crippen LogP) is -2.51. The SMILES string of the molecule is NC(N)=NCCCC(N)C(=O)NC(Cc1c[nH]c2ccccc12)C(=O)NC(CCC(=O)O)C(=O)NC(CO)C(=O)O. The Labute approximate surface area is 234 Å². The van der Waals surface area contributed by atoms with E-state index >= 15 is 0 Å². The maximum atomic E-state index is 13.4. The molecule has 0 aliphatic rings. The summed E-state index contributed by atoms with van der Waals surface area (Å²) < 4.78 is 0. The van der Waals surface area contributed by atoms with Gasteiger partial charge in [-0.05, 0) is 30.9 Å². The number of nitrogens with two attached hydrogens (primary N) is 3. The van der Waals surface area contributed by atoms with Crippen LogP contribution in [0.2, 0.25) is 0 Å². The molecule has 0 aliphatic heterocycles. The first kappa shape index (κ1) is 32.5. The van der Waals surface area contributed by atoms with E-state index in [-0.39, 0.29) is 31.8 Å². The number of fused-ring (bicyclic) bond motifs is 1. The van der Waals surface area contributed by atoms with Crippen molar-refractivity contribution in [2.24, 2.45) is 22.2 Å². The number of aliphatic hydroxyl groups is 1. The number of hydrogen-bond acceptors (Lipinski definition) is 8. The molecular formula is C25H36N8O8. The Hall–Kier alpha value is -4.70. The number of rotatable bonds is 17. The molecule has 0 aliphatic carbocycles. The Balaban J connectivity index is 2.27. The normalized spacial score (nSPS) is 13.8. The minimum atomic E-state index is -1.68. The monoisotopic (exact) mass is 576 g/mol. The summed E-state index contributed by atoms with van der Waals surface area (Å²) in [4.78, 5) is 68.4. The van der Waals surface area contributed by atoms with Crippen LogP contribution in [0.25, 0.3) is 10.9 Å². The van der Waals surface area contributed by atoms with Crippen LogP contribution in [0.4, 0.5) is 0 Å². The molecule has 4 atom stereocenters. The van der Waals surface area contributed by atoms with Gasteiger partial charge in [0.15, 0.2) is 5.96 Å². The Morgan fingerprint density at radius 2 is 1.54 bits per heavy atom. The lowest BCUT2D eigenvalue weighted by atomic mass is 10.0. The van der Waals surface area contributed by atoms with Crippen molar-refractivity contribution in [3.8, 4) is 0 Å². The van der Waals surface area contributed by atoms with Gasteiger partial charge in [0.2, 0.25) is 17.7 Å². The van der Waals surface area contributed by atoms with E-state index in [4.69, 9.17) is 27.4 Å². The smallest absolute Gasteiger partial charge is 0.328 e. The molecule has 0 fully saturated rings. The molecule has 0 saturated heterocycles. The summed E-state index contributed by atoms with van der Waals surface area (Å²) in [7, 11) is 0. The fourth-order valence-corrected chi connectivity index (χ4v) is 3.93. The van der Waals surface area contributed by atoms with Gasteiger partial charge >= 0.3 is 11.9 Å². The summed E-state index contributed by atoms with van der Waals surface area (Å²) in [6, 6.07) is 1.83. The molecule has 3 amide bonds. The second kappa shape index (κ2) is 15.8. The molecule has 16 heteroatoms. The van der Waals surface area contributed by atoms with Crippen LogP contribution in [0.3, 0.4) is 0 Å². The highest BCUT2D eigenvalue weighted by molar-refractivity contribution is 5.95. The number of aromatic nitrogens is 1. The number of aliphatic carboxylic acids is 2. The number of amides is 3. The van der Waals surface area contributed by atoms with E-state index in [0.717, 1.165) is 10.9 Å². The van der Waals surface area contributed by atoms with Crippen molar-refractivity contribution in [2.45, 2.75) is 56.3 Å². The van der Waals surface area contributed by atoms with Crippen molar-refractivity contribution >= 4 is 46.5 Å². The Kier molecular flexibility index (Phi) is 12.5. The number of nitrogens with one attached hydrogen (secondary N) is 4. The summed E-state index contributed by atoms with van der Waals surface area (Å²) in [5.74, 6) is -5.40. The highest BCUT2D eigenvalue weighted by Crippen LogP contribution is 2.19. The Morgan fingerprint density at radius 1 is 0.902 bits per heavy atom. The molecule has 2 aromatic rings. The number of aliphatic hydroxyl groups excluding tert-OH is 1. The van der Waals surface area contributed by atoms with Gasteiger partial charge in [0.1, 0.15) is 18.1 Å². The average Bonchev–Trinajstić information content (AvgIpc) is 3.33. The van der Waals surface area contributed by atoms with Crippen LogP contribution < -0.4 is 33.2 Å². The van der Waals surface area contributed by atoms with Crippen LogP contribution in [0.1, 0.15) is 31.2 Å². The molecule has 1 heterocycles. The fourth-order valence-electron chi connectivity index (χ4n) is 3.93. The van der Waals surface area contributed by atoms with E-state index in [2.05, 4.69) is 25.9 Å². The van der Waals surface area contributed by atoms with Gasteiger partial charge in [-0.15, -0.1) is 0 Å². The Bertz CT molecular complexity index is 1260. The van der Waals surface area contributed by atoms with Crippen molar-refractivity contribution in [3.63, 3.8) is 0 Å². The van der Waals surface area contributed by atoms with Crippen molar-refractivity contribution in [2.75, 3.05) is 13.2 Å². The molecule has 0 saturated carbocycles. The molecule has 1 aromatic heterocycles. The zero-order chi connectivity index (χ0) is 30.5. The number of benzene rings is 1. The third kappa shape index (κ3) is 10.4. The maximum absolute atomic E-state index is 13.4. The minimum Gasteiger partial charge on any atom is -0.481 e. The summed E-state index contributed by atoms with van der Waals surface area (Å²) >= 11 is 0. The van der Waals surface area contributed by atoms with Gasteiger partial charge in [0, 0.05) is 36.5 Å². The van der Waals surface area contributed by atoms with E-state index in [0.29, 0.717) is 12.0 Å². The van der Waals surface area contributed by atoms with Gasteiger partial charge in [-0.25, -0.2) is 4.79 Å². The van der Waals surface area contributed by atoms with E-state index in [1.54, 1.807) is 12.3 Å². The number of nitrogens with zero attached hydrogens (tertiary/aromatic N) is 1. The van der Waals surface area contributed by atoms with Crippen LogP contribution in [-0.4, -0.2) is 93.2 Å². The van der Waals surface area contributed by atoms with Crippen LogP contribution >= 0.6 is 0 Å². The lowest BCUT2D eigenvalue weighted by Crippen LogP contribution is -2.58. The number of aromatic amines is 1. The van der Waals surface area contributed by atoms with Gasteiger partial charge in [-0.1, -0.05) is 18.2 Å². The number of carboxylic acid groups (broad SMARTS) is 2. The zero-order valence-corrected chi connectivity index (χ0v) is 22.2. The van der Waals surface area contributed by atoms with Gasteiger partial charge in [-0.3, -0.25) is 24.2 Å². The zero-order valence-electron chi connectivity index (χ0n) is 22.2. The summed E-state index contributed by atoms with van der Waals surface area (Å²) in [5.41, 5.74) is 18.0. The van der Waals surface area contributed by atoms with E-state index in [1.165, 1.54) is 0 Å². The molecule has 16 nitrogen and oxygen atoms in total. The van der Waals surface area contributed by atoms with Crippen LogP contribution in [0.15, 0.2) is 35.5 Å². The highest BCUT2D eigenvalue weighted by Gasteiger charge is 2.31. The molecule has 1 aromatic carbocycles. The van der Waals surface area contributed by atoms with Gasteiger partial charge in [0.25, 0.3) is 0 Å². The fraction of sp³-hybridized carbons (Fsp3) is 0.440. The first-order valence-corrected chi connectivity index (χ1v) is 12.8. The molecule has 4 unspecified atom stereocenters. The number of carboxylic acids is 2. The Morgan fingerprint density at radius 3 is 2.17 bits per heavy atom. The second-order valence-corrected chi connectivity index (χ2v) is 9.26. The number of H-pyrrole nitrogens is 1. The number of carbonyl (C=O) groups excluding carboxylic acids is 3. The van der Waals surface area contributed by atoms with E-state index < -0.39 is 66.9 Å². The van der Waals surface area contributed by atoms with Crippen molar-refractivity contribution < 1.29 is 39.3 Å². The highest BCUT2D eigenvalue weighted by atomic mass is 16.4. The first-order valence-electron chi connectivity index (χ1n) is 12.8. The lowest BCUT2D eigenvalue weighted by Gasteiger charge is -2.25. The standard InChI is InChI=1S/C25H36N8O8/c26-15(5-3-9-29-25(27)28)21(37)32-18(10-13-11-30-16-6-2-1-4-14(13)16)23(39)31-17(7-8-20(35)36)22(38)33-19(12-34)24(40)41/h1-2,4,6,11,15,17-19,30,34H,3,5,7-10,12,26H2,(H,31,39)(H,32,37)(H,33,38)(H,35,36)(H,40,41)(H4,27,28,29). The number of carbonyl (C=O) groups is 5. The molecule has 2 rings (SSSR count). The lowest BCUT2D eigenvalue weighted by molar-refractivity contribution is -0.144. The maximum Gasteiger partial charge on any atom is 0.328 e. The number of aliphatic imine (C=N–C) groups is 1. The van der Waals surface area contributed by atoms with Gasteiger partial charge in [0.05, 0.1) is 12.6 Å². The number of hydrogen-bond donors (Lipinski definition) is 10. The molecular weight excluding hydrogens is 540 g/mol. The third-order valence-corrected chi connectivity index (χ3v) is 6.11. The summed E-state index contributed by atoms with van der Waals surface area (Å²) in [5, 5.41) is 35.3. The molecule has 0 radical (unpaired) electrons. The predicted molar refractivity (Wildman–Crippen MR) is 147 cm³/mol. The summed E-state index contributed by atoms with van der Waals surface area (Å²) in [6.45, 7) is -0.685. The molecule has 13 N–H and O–H groups in total. The molecule has 41 heavy (non-hydrogen) atoms. The minimum absolute atomic E-state index is 0.0238. The second-order valence-electron chi connectivity index (χ2n) is 9.26. The molecule has 224 valence electrons. The van der Waals surface area contributed by atoms with Crippen LogP contribution in [0, 0.1) is 0 Å². The van der Waals surface area contributed by atoms with E-state index in [1.807, 2.05) is 18.2 Å². The third-order valence-electron chi connectivity index (χ3n) is 6.11. The van der Waals surface area contributed by atoms with Crippen molar-refractivity contribution in [1.82, 2.24) is 20.9 Å². The van der Waals surface area contributed by atoms with Crippen molar-refractivity contribution in [3.05, 3.63) is 36.0 Å². The first-order chi connectivity index (χ1) is 19.4. The number of guanidine groups is 1. The van der Waals surface area contributed by atoms with Crippen molar-refractivity contribution in [1.29, 1.82) is 0 Å². The molecule has 0 spiro atoms. The van der Waals surface area contributed by atoms with Crippen LogP contribution in [-0.2, 0) is 30.4 Å². The largest absolute Gasteiger partial charge is 0.481 e. The molecule has 0 bridgehead atoms. The van der Waals surface area contributed by atoms with Crippen LogP contribution in [0.5, 0.6) is 0 Å². The summed E-state index contributed by atoms with van der Waals surface area (Å²) in [6.07, 6.45) is 1.31.